The maximum atomic E-state index is 5.41. The predicted octanol–water partition coefficient (Wildman–Crippen LogP) is 1.06. The highest BCUT2D eigenvalue weighted by Gasteiger charge is 2.00. The molecule has 0 aliphatic carbocycles. The summed E-state index contributed by atoms with van der Waals surface area (Å²) in [6.45, 7) is 5.61. The molecule has 1 aromatic heterocycles. The summed E-state index contributed by atoms with van der Waals surface area (Å²) in [5.74, 6) is 0. The molecule has 0 radical (unpaired) electrons. The molecule has 0 aliphatic rings. The fourth-order valence-electron chi connectivity index (χ4n) is 0.827. The maximum Gasteiger partial charge on any atom is 0.203 e. The molecule has 1 rings (SSSR count). The van der Waals surface area contributed by atoms with Crippen molar-refractivity contribution in [2.45, 2.75) is 26.6 Å². The third-order valence-electron chi connectivity index (χ3n) is 1.39. The second kappa shape index (κ2) is 5.90. The van der Waals surface area contributed by atoms with Crippen molar-refractivity contribution in [1.29, 1.82) is 0 Å². The van der Waals surface area contributed by atoms with Crippen LogP contribution in [0.3, 0.4) is 0 Å². The van der Waals surface area contributed by atoms with Crippen LogP contribution in [0.15, 0.2) is 0 Å². The molecule has 0 saturated heterocycles. The first-order valence-electron chi connectivity index (χ1n) is 4.45. The number of nitrogen functional groups attached to an aromatic ring is 1. The van der Waals surface area contributed by atoms with Gasteiger partial charge in [-0.05, 0) is 13.8 Å². The largest absolute Gasteiger partial charge is 0.376 e. The van der Waals surface area contributed by atoms with E-state index in [0.717, 1.165) is 5.01 Å². The van der Waals surface area contributed by atoms with Crippen LogP contribution in [-0.2, 0) is 16.1 Å². The number of anilines is 1. The molecule has 0 bridgehead atoms. The number of rotatable bonds is 6. The first kappa shape index (κ1) is 11.4. The molecule has 6 heteroatoms. The van der Waals surface area contributed by atoms with E-state index in [9.17, 15) is 0 Å². The Morgan fingerprint density at radius 3 is 2.71 bits per heavy atom. The molecular weight excluding hydrogens is 202 g/mol. The van der Waals surface area contributed by atoms with Gasteiger partial charge in [0.1, 0.15) is 11.6 Å². The van der Waals surface area contributed by atoms with Crippen molar-refractivity contribution in [1.82, 2.24) is 10.2 Å². The van der Waals surface area contributed by atoms with E-state index in [1.807, 2.05) is 13.8 Å². The van der Waals surface area contributed by atoms with E-state index in [1.54, 1.807) is 0 Å². The van der Waals surface area contributed by atoms with Gasteiger partial charge in [-0.2, -0.15) is 0 Å². The van der Waals surface area contributed by atoms with Crippen LogP contribution in [0.1, 0.15) is 18.9 Å². The van der Waals surface area contributed by atoms with Gasteiger partial charge in [0.05, 0.1) is 19.3 Å². The summed E-state index contributed by atoms with van der Waals surface area (Å²) in [6.07, 6.45) is 0.246. The monoisotopic (exact) mass is 217 g/mol. The molecule has 14 heavy (non-hydrogen) atoms. The first-order chi connectivity index (χ1) is 6.68. The third-order valence-corrected chi connectivity index (χ3v) is 2.11. The lowest BCUT2D eigenvalue weighted by Crippen LogP contribution is -2.09. The maximum absolute atomic E-state index is 5.41. The predicted molar refractivity (Wildman–Crippen MR) is 55.1 cm³/mol. The van der Waals surface area contributed by atoms with Crippen LogP contribution in [0.5, 0.6) is 0 Å². The second-order valence-corrected chi connectivity index (χ2v) is 4.10. The topological polar surface area (TPSA) is 70.3 Å². The van der Waals surface area contributed by atoms with Gasteiger partial charge in [0.15, 0.2) is 0 Å². The Morgan fingerprint density at radius 2 is 2.14 bits per heavy atom. The van der Waals surface area contributed by atoms with E-state index >= 15 is 0 Å². The Balaban J connectivity index is 2.04. The summed E-state index contributed by atoms with van der Waals surface area (Å²) >= 11 is 1.34. The Kier molecular flexibility index (Phi) is 4.78. The lowest BCUT2D eigenvalue weighted by molar-refractivity contribution is 0.0141. The highest BCUT2D eigenvalue weighted by molar-refractivity contribution is 7.15. The van der Waals surface area contributed by atoms with Crippen molar-refractivity contribution in [3.05, 3.63) is 5.01 Å². The van der Waals surface area contributed by atoms with E-state index in [1.165, 1.54) is 11.3 Å². The van der Waals surface area contributed by atoms with Gasteiger partial charge in [-0.3, -0.25) is 0 Å². The molecule has 1 aromatic rings. The molecule has 0 saturated carbocycles. The number of aromatic nitrogens is 2. The van der Waals surface area contributed by atoms with Crippen molar-refractivity contribution in [2.24, 2.45) is 0 Å². The van der Waals surface area contributed by atoms with Crippen LogP contribution >= 0.6 is 11.3 Å². The normalized spacial score (nSPS) is 11.1. The zero-order chi connectivity index (χ0) is 10.4. The van der Waals surface area contributed by atoms with Crippen molar-refractivity contribution in [3.8, 4) is 0 Å². The van der Waals surface area contributed by atoms with Gasteiger partial charge < -0.3 is 15.2 Å². The van der Waals surface area contributed by atoms with Gasteiger partial charge in [-0.15, -0.1) is 10.2 Å². The van der Waals surface area contributed by atoms with Gasteiger partial charge in [0.25, 0.3) is 0 Å². The van der Waals surface area contributed by atoms with Gasteiger partial charge in [-0.25, -0.2) is 0 Å². The van der Waals surface area contributed by atoms with Crippen LogP contribution in [0.4, 0.5) is 5.13 Å². The highest BCUT2D eigenvalue weighted by Crippen LogP contribution is 2.11. The fourth-order valence-corrected chi connectivity index (χ4v) is 1.37. The van der Waals surface area contributed by atoms with E-state index in [-0.39, 0.29) is 6.10 Å². The lowest BCUT2D eigenvalue weighted by Gasteiger charge is -2.06. The Hall–Kier alpha value is -0.720. The Bertz CT molecular complexity index is 265. The highest BCUT2D eigenvalue weighted by atomic mass is 32.1. The molecule has 0 fully saturated rings. The Morgan fingerprint density at radius 1 is 1.36 bits per heavy atom. The number of hydrogen-bond acceptors (Lipinski definition) is 6. The van der Waals surface area contributed by atoms with Crippen molar-refractivity contribution >= 4 is 16.5 Å². The zero-order valence-corrected chi connectivity index (χ0v) is 9.21. The molecule has 80 valence electrons. The molecule has 0 aromatic carbocycles. The minimum Gasteiger partial charge on any atom is -0.376 e. The van der Waals surface area contributed by atoms with Crippen LogP contribution in [0.2, 0.25) is 0 Å². The smallest absolute Gasteiger partial charge is 0.203 e. The number of hydrogen-bond donors (Lipinski definition) is 1. The number of ether oxygens (including phenoxy) is 2. The van der Waals surface area contributed by atoms with Gasteiger partial charge in [0, 0.05) is 0 Å². The lowest BCUT2D eigenvalue weighted by atomic mass is 10.5. The average molecular weight is 217 g/mol. The molecule has 0 unspecified atom stereocenters. The standard InChI is InChI=1S/C8H15N3O2S/c1-6(2)13-4-3-12-5-7-10-11-8(9)14-7/h6H,3-5H2,1-2H3,(H2,9,11). The summed E-state index contributed by atoms with van der Waals surface area (Å²) in [6, 6.07) is 0. The van der Waals surface area contributed by atoms with E-state index in [4.69, 9.17) is 15.2 Å². The number of nitrogens with zero attached hydrogens (tertiary/aromatic N) is 2. The van der Waals surface area contributed by atoms with Crippen LogP contribution < -0.4 is 5.73 Å². The first-order valence-corrected chi connectivity index (χ1v) is 5.27. The third kappa shape index (κ3) is 4.50. The molecule has 5 nitrogen and oxygen atoms in total. The van der Waals surface area contributed by atoms with Crippen LogP contribution in [0, 0.1) is 0 Å². The molecule has 0 aliphatic heterocycles. The van der Waals surface area contributed by atoms with Gasteiger partial charge in [0.2, 0.25) is 5.13 Å². The summed E-state index contributed by atoms with van der Waals surface area (Å²) < 4.78 is 10.6. The summed E-state index contributed by atoms with van der Waals surface area (Å²) in [5.41, 5.74) is 5.41. The second-order valence-electron chi connectivity index (χ2n) is 3.01. The number of nitrogens with two attached hydrogens (primary N) is 1. The molecule has 1 heterocycles. The molecule has 0 atom stereocenters. The fraction of sp³-hybridized carbons (Fsp3) is 0.750. The average Bonchev–Trinajstić information content (AvgIpc) is 2.50. The van der Waals surface area contributed by atoms with Crippen molar-refractivity contribution in [3.63, 3.8) is 0 Å². The summed E-state index contributed by atoms with van der Waals surface area (Å²) in [5, 5.41) is 8.78. The van der Waals surface area contributed by atoms with Crippen molar-refractivity contribution < 1.29 is 9.47 Å². The Labute approximate surface area is 87.2 Å². The SMILES string of the molecule is CC(C)OCCOCc1nnc(N)s1. The van der Waals surface area contributed by atoms with E-state index in [2.05, 4.69) is 10.2 Å². The van der Waals surface area contributed by atoms with E-state index in [0.29, 0.717) is 25.0 Å². The molecular formula is C8H15N3O2S. The molecule has 0 spiro atoms. The van der Waals surface area contributed by atoms with Crippen molar-refractivity contribution in [2.75, 3.05) is 18.9 Å². The van der Waals surface area contributed by atoms with Crippen LogP contribution in [0.25, 0.3) is 0 Å². The minimum atomic E-state index is 0.246. The minimum absolute atomic E-state index is 0.246. The quantitative estimate of drug-likeness (QED) is 0.721. The summed E-state index contributed by atoms with van der Waals surface area (Å²) in [7, 11) is 0. The van der Waals surface area contributed by atoms with E-state index < -0.39 is 0 Å². The summed E-state index contributed by atoms with van der Waals surface area (Å²) in [4.78, 5) is 0. The van der Waals surface area contributed by atoms with Crippen LogP contribution in [-0.4, -0.2) is 29.5 Å². The zero-order valence-electron chi connectivity index (χ0n) is 8.40. The van der Waals surface area contributed by atoms with Gasteiger partial charge >= 0.3 is 0 Å². The molecule has 2 N–H and O–H groups in total. The molecule has 0 amide bonds. The van der Waals surface area contributed by atoms with Gasteiger partial charge in [-0.1, -0.05) is 11.3 Å².